The zero-order valence-corrected chi connectivity index (χ0v) is 31.3. The van der Waals surface area contributed by atoms with Crippen molar-refractivity contribution in [3.63, 3.8) is 0 Å². The zero-order valence-electron chi connectivity index (χ0n) is 23.2. The van der Waals surface area contributed by atoms with Crippen LogP contribution in [0.5, 0.6) is 0 Å². The molecule has 0 aliphatic heterocycles. The second-order valence-electron chi connectivity index (χ2n) is 6.86. The highest BCUT2D eigenvalue weighted by Gasteiger charge is 2.06. The summed E-state index contributed by atoms with van der Waals surface area (Å²) in [4.78, 5) is 45.2. The number of ether oxygens (including phenoxy) is 3. The van der Waals surface area contributed by atoms with Crippen LogP contribution >= 0.6 is 118 Å². The third-order valence-corrected chi connectivity index (χ3v) is 13.4. The molecule has 0 unspecified atom stereocenters. The van der Waals surface area contributed by atoms with Crippen molar-refractivity contribution >= 4 is 136 Å². The molecule has 0 rings (SSSR count). The molecule has 0 saturated carbocycles. The largest absolute Gasteiger partial charge is 0.454 e. The van der Waals surface area contributed by atoms with Crippen LogP contribution in [0.1, 0.15) is 0 Å². The van der Waals surface area contributed by atoms with Crippen LogP contribution in [0, 0.1) is 0 Å². The number of rotatable bonds is 33. The average Bonchev–Trinajstić information content (AvgIpc) is 2.98. The molecule has 0 bridgehead atoms. The Hall–Kier alpha value is 1.75. The molecule has 0 spiro atoms. The fourth-order valence-corrected chi connectivity index (χ4v) is 9.47. The van der Waals surface area contributed by atoms with E-state index in [1.807, 2.05) is 0 Å². The van der Waals surface area contributed by atoms with E-state index in [4.69, 9.17) is 34.2 Å². The van der Waals surface area contributed by atoms with Gasteiger partial charge in [-0.05, 0) is 0 Å². The predicted molar refractivity (Wildman–Crippen MR) is 193 cm³/mol. The molecule has 0 amide bonds. The summed E-state index contributed by atoms with van der Waals surface area (Å²) >= 11 is 15.1. The molecular formula is C22H40O10S10. The molecule has 0 fully saturated rings. The van der Waals surface area contributed by atoms with Crippen molar-refractivity contribution in [3.8, 4) is 0 Å². The van der Waals surface area contributed by atoms with Crippen molar-refractivity contribution < 1.29 is 48.6 Å². The van der Waals surface area contributed by atoms with Gasteiger partial charge in [-0.2, -0.15) is 11.8 Å². The molecule has 0 aliphatic rings. The summed E-state index contributed by atoms with van der Waals surface area (Å²) < 4.78 is 15.4. The molecule has 0 aliphatic carbocycles. The van der Waals surface area contributed by atoms with Gasteiger partial charge in [-0.15, -0.1) is 106 Å². The third-order valence-electron chi connectivity index (χ3n) is 3.73. The van der Waals surface area contributed by atoms with Gasteiger partial charge in [0, 0.05) is 50.4 Å². The molecular weight excluding hydrogens is 745 g/mol. The van der Waals surface area contributed by atoms with Crippen LogP contribution in [-0.4, -0.2) is 138 Å². The zero-order chi connectivity index (χ0) is 30.8. The van der Waals surface area contributed by atoms with E-state index >= 15 is 0 Å². The van der Waals surface area contributed by atoms with Crippen LogP contribution in [0.15, 0.2) is 0 Å². The fourth-order valence-electron chi connectivity index (χ4n) is 1.97. The Morgan fingerprint density at radius 1 is 0.429 bits per heavy atom. The number of aliphatic hydroxyl groups is 2. The van der Waals surface area contributed by atoms with Crippen molar-refractivity contribution in [1.82, 2.24) is 0 Å². The third kappa shape index (κ3) is 36.2. The van der Waals surface area contributed by atoms with Crippen LogP contribution in [0.25, 0.3) is 0 Å². The Morgan fingerprint density at radius 2 is 0.833 bits per heavy atom. The lowest BCUT2D eigenvalue weighted by Crippen LogP contribution is -2.09. The first-order chi connectivity index (χ1) is 20.6. The van der Waals surface area contributed by atoms with Crippen molar-refractivity contribution in [2.24, 2.45) is 0 Å². The first-order valence-electron chi connectivity index (χ1n) is 12.3. The van der Waals surface area contributed by atoms with Gasteiger partial charge in [0.1, 0.15) is 23.8 Å². The van der Waals surface area contributed by atoms with Crippen molar-refractivity contribution in [2.75, 3.05) is 110 Å². The molecule has 10 nitrogen and oxygen atoms in total. The van der Waals surface area contributed by atoms with Gasteiger partial charge >= 0.3 is 17.9 Å². The minimum atomic E-state index is -0.253. The number of carbonyl (C=O) groups is 3. The molecule has 20 heteroatoms. The van der Waals surface area contributed by atoms with Crippen molar-refractivity contribution in [1.29, 1.82) is 0 Å². The fraction of sp³-hybridized carbons (Fsp3) is 0.864. The predicted octanol–water partition coefficient (Wildman–Crippen LogP) is 4.54. The number of hydrogen-bond donors (Lipinski definition) is 2. The lowest BCUT2D eigenvalue weighted by Gasteiger charge is -2.06. The van der Waals surface area contributed by atoms with E-state index in [0.717, 1.165) is 40.3 Å². The van der Waals surface area contributed by atoms with Crippen molar-refractivity contribution in [3.05, 3.63) is 0 Å². The van der Waals surface area contributed by atoms with E-state index in [0.29, 0.717) is 57.8 Å². The van der Waals surface area contributed by atoms with E-state index < -0.39 is 0 Å². The van der Waals surface area contributed by atoms with E-state index in [9.17, 15) is 14.4 Å². The number of aliphatic hydroxyl groups excluding tert-OH is 2. The van der Waals surface area contributed by atoms with E-state index in [1.165, 1.54) is 70.6 Å². The molecule has 2 N–H and O–H groups in total. The minimum absolute atomic E-state index is 0.0634. The standard InChI is InChI=1S/C22H40O10S10/c23-12-39-18-41-15-29-21(26)10-34-4-3-33-2-1-31-32-17-38-8-7-37-14-28-20(25)9-35-5-6-36-11-22(27)30-16-42-19-40-13-24/h23-24H,1-19H2. The molecule has 0 saturated heterocycles. The smallest absolute Gasteiger partial charge is 0.316 e. The first kappa shape index (κ1) is 43.8. The first-order valence-corrected chi connectivity index (χ1v) is 23.8. The van der Waals surface area contributed by atoms with Gasteiger partial charge in [-0.3, -0.25) is 14.4 Å². The number of carbonyl (C=O) groups excluding carboxylic acids is 3. The molecule has 0 atom stereocenters. The Labute approximate surface area is 291 Å². The van der Waals surface area contributed by atoms with Gasteiger partial charge in [0.15, 0.2) is 0 Å². The van der Waals surface area contributed by atoms with Crippen LogP contribution < -0.4 is 0 Å². The number of hydrogen-bond acceptors (Lipinski definition) is 20. The number of thioether (sulfide) groups is 10. The Balaban J connectivity index is 3.25. The molecule has 0 heterocycles. The second kappa shape index (κ2) is 37.2. The van der Waals surface area contributed by atoms with Gasteiger partial charge in [0.05, 0.1) is 35.7 Å². The molecule has 42 heavy (non-hydrogen) atoms. The highest BCUT2D eigenvalue weighted by atomic mass is 32.2. The van der Waals surface area contributed by atoms with Gasteiger partial charge in [0.25, 0.3) is 0 Å². The molecule has 0 aromatic carbocycles. The van der Waals surface area contributed by atoms with E-state index in [1.54, 1.807) is 47.0 Å². The normalized spacial score (nSPS) is 11.0. The average molecular weight is 785 g/mol. The molecule has 248 valence electrons. The summed E-state index contributed by atoms with van der Waals surface area (Å²) in [6, 6.07) is 0. The minimum Gasteiger partial charge on any atom is -0.454 e. The highest BCUT2D eigenvalue weighted by molar-refractivity contribution is 8.16. The highest BCUT2D eigenvalue weighted by Crippen LogP contribution is 2.14. The SMILES string of the molecule is O=C(CSCCSCC(=O)OCSCSCO)OCSCCSCOOCCSCCSCC(=O)OCSCSCO. The lowest BCUT2D eigenvalue weighted by molar-refractivity contribution is -0.274. The van der Waals surface area contributed by atoms with Crippen LogP contribution in [0.4, 0.5) is 0 Å². The van der Waals surface area contributed by atoms with Crippen LogP contribution in [0.2, 0.25) is 0 Å². The quantitative estimate of drug-likeness (QED) is 0.0240. The monoisotopic (exact) mass is 784 g/mol. The van der Waals surface area contributed by atoms with Gasteiger partial charge in [-0.1, -0.05) is 0 Å². The summed E-state index contributed by atoms with van der Waals surface area (Å²) in [7, 11) is 0. The molecule has 0 aromatic rings. The summed E-state index contributed by atoms with van der Waals surface area (Å²) in [5.41, 5.74) is 0. The summed E-state index contributed by atoms with van der Waals surface area (Å²) in [6.45, 7) is 0.500. The Kier molecular flexibility index (Phi) is 38.8. The van der Waals surface area contributed by atoms with E-state index in [2.05, 4.69) is 0 Å². The Bertz CT molecular complexity index is 643. The summed E-state index contributed by atoms with van der Waals surface area (Å²) in [5.74, 6) is 7.55. The maximum atomic E-state index is 11.8. The molecule has 0 radical (unpaired) electrons. The molecule has 0 aromatic heterocycles. The Morgan fingerprint density at radius 3 is 1.31 bits per heavy atom. The van der Waals surface area contributed by atoms with Gasteiger partial charge in [-0.25, -0.2) is 9.78 Å². The maximum Gasteiger partial charge on any atom is 0.316 e. The number of esters is 3. The van der Waals surface area contributed by atoms with Crippen molar-refractivity contribution in [2.45, 2.75) is 0 Å². The maximum absolute atomic E-state index is 11.8. The lowest BCUT2D eigenvalue weighted by atomic mass is 10.8. The van der Waals surface area contributed by atoms with E-state index in [-0.39, 0.29) is 29.8 Å². The topological polar surface area (TPSA) is 138 Å². The second-order valence-corrected chi connectivity index (χ2v) is 18.0. The van der Waals surface area contributed by atoms with Crippen LogP contribution in [0.3, 0.4) is 0 Å². The van der Waals surface area contributed by atoms with Gasteiger partial charge < -0.3 is 24.4 Å². The van der Waals surface area contributed by atoms with Gasteiger partial charge in [0.2, 0.25) is 0 Å². The van der Waals surface area contributed by atoms with Crippen LogP contribution in [-0.2, 0) is 38.4 Å². The summed E-state index contributed by atoms with van der Waals surface area (Å²) in [6.07, 6.45) is 0. The summed E-state index contributed by atoms with van der Waals surface area (Å²) in [5, 5.41) is 18.7.